The number of morpholine rings is 1. The molecule has 2 aromatic rings. The van der Waals surface area contributed by atoms with Crippen molar-refractivity contribution < 1.29 is 4.74 Å². The van der Waals surface area contributed by atoms with Crippen LogP contribution in [0.25, 0.3) is 0 Å². The number of aryl methyl sites for hydroxylation is 1. The maximum atomic E-state index is 6.17. The van der Waals surface area contributed by atoms with Crippen LogP contribution < -0.4 is 5.32 Å². The van der Waals surface area contributed by atoms with Crippen molar-refractivity contribution in [3.63, 3.8) is 0 Å². The standard InChI is InChI=1S/C20H28ClN5O.HI/c1-20(2,16-6-5-7-17(21)10-16)14-23-19(22-3)26-8-9-27-18(13-26)15-11-24-25(4)12-15;/h5-7,10-12,18H,8-9,13-14H2,1-4H3,(H,22,23);1H. The van der Waals surface area contributed by atoms with Gasteiger partial charge in [0.25, 0.3) is 0 Å². The fourth-order valence-corrected chi connectivity index (χ4v) is 3.48. The molecule has 0 bridgehead atoms. The maximum Gasteiger partial charge on any atom is 0.193 e. The highest BCUT2D eigenvalue weighted by Crippen LogP contribution is 2.25. The number of halogens is 2. The Morgan fingerprint density at radius 2 is 2.21 bits per heavy atom. The summed E-state index contributed by atoms with van der Waals surface area (Å²) in [5, 5.41) is 8.55. The molecule has 0 saturated carbocycles. The first-order chi connectivity index (χ1) is 12.9. The van der Waals surface area contributed by atoms with Crippen LogP contribution in [-0.4, -0.2) is 53.9 Å². The van der Waals surface area contributed by atoms with Crippen LogP contribution in [0.15, 0.2) is 41.7 Å². The zero-order valence-corrected chi connectivity index (χ0v) is 19.9. The van der Waals surface area contributed by atoms with Crippen LogP contribution >= 0.6 is 35.6 Å². The average molecular weight is 518 g/mol. The second-order valence-corrected chi connectivity index (χ2v) is 7.98. The van der Waals surface area contributed by atoms with Crippen molar-refractivity contribution in [2.75, 3.05) is 33.3 Å². The van der Waals surface area contributed by atoms with Crippen molar-refractivity contribution >= 4 is 41.5 Å². The Kier molecular flexibility index (Phi) is 8.15. The highest BCUT2D eigenvalue weighted by atomic mass is 127. The summed E-state index contributed by atoms with van der Waals surface area (Å²) in [5.41, 5.74) is 2.22. The van der Waals surface area contributed by atoms with Crippen molar-refractivity contribution in [2.45, 2.75) is 25.4 Å². The lowest BCUT2D eigenvalue weighted by Gasteiger charge is -2.36. The molecule has 1 saturated heterocycles. The SMILES string of the molecule is CN=C(NCC(C)(C)c1cccc(Cl)c1)N1CCOC(c2cnn(C)c2)C1.I. The number of nitrogens with one attached hydrogen (secondary N) is 1. The Morgan fingerprint density at radius 1 is 1.43 bits per heavy atom. The molecule has 0 radical (unpaired) electrons. The largest absolute Gasteiger partial charge is 0.370 e. The third-order valence-electron chi connectivity index (χ3n) is 4.97. The molecule has 1 aliphatic rings. The number of aliphatic imine (C=N–C) groups is 1. The lowest BCUT2D eigenvalue weighted by atomic mass is 9.84. The van der Waals surface area contributed by atoms with Crippen LogP contribution in [0, 0.1) is 0 Å². The van der Waals surface area contributed by atoms with Crippen molar-refractivity contribution in [1.82, 2.24) is 20.0 Å². The van der Waals surface area contributed by atoms with Gasteiger partial charge in [-0.05, 0) is 17.7 Å². The van der Waals surface area contributed by atoms with Crippen molar-refractivity contribution in [3.8, 4) is 0 Å². The van der Waals surface area contributed by atoms with Gasteiger partial charge in [-0.2, -0.15) is 5.10 Å². The third-order valence-corrected chi connectivity index (χ3v) is 5.20. The molecule has 1 unspecified atom stereocenters. The summed E-state index contributed by atoms with van der Waals surface area (Å²) in [6.45, 7) is 7.40. The fraction of sp³-hybridized carbons (Fsp3) is 0.500. The second-order valence-electron chi connectivity index (χ2n) is 7.55. The number of nitrogens with zero attached hydrogens (tertiary/aromatic N) is 4. The molecule has 1 N–H and O–H groups in total. The minimum absolute atomic E-state index is 0. The summed E-state index contributed by atoms with van der Waals surface area (Å²) >= 11 is 6.17. The summed E-state index contributed by atoms with van der Waals surface area (Å²) in [6.07, 6.45) is 3.88. The van der Waals surface area contributed by atoms with E-state index in [0.29, 0.717) is 6.61 Å². The summed E-state index contributed by atoms with van der Waals surface area (Å²) in [6, 6.07) is 8.04. The second kappa shape index (κ2) is 9.93. The molecule has 2 heterocycles. The van der Waals surface area contributed by atoms with E-state index in [2.05, 4.69) is 40.2 Å². The van der Waals surface area contributed by atoms with Crippen LogP contribution in [0.3, 0.4) is 0 Å². The number of hydrogen-bond acceptors (Lipinski definition) is 3. The van der Waals surface area contributed by atoms with Gasteiger partial charge in [0.2, 0.25) is 0 Å². The Balaban J connectivity index is 0.00000280. The van der Waals surface area contributed by atoms with Crippen molar-refractivity contribution in [1.29, 1.82) is 0 Å². The quantitative estimate of drug-likeness (QED) is 0.382. The zero-order chi connectivity index (χ0) is 19.4. The topological polar surface area (TPSA) is 54.7 Å². The third kappa shape index (κ3) is 5.61. The molecule has 154 valence electrons. The fourth-order valence-electron chi connectivity index (χ4n) is 3.29. The van der Waals surface area contributed by atoms with Gasteiger partial charge in [-0.25, -0.2) is 0 Å². The number of aromatic nitrogens is 2. The monoisotopic (exact) mass is 517 g/mol. The van der Waals surface area contributed by atoms with Gasteiger partial charge in [-0.3, -0.25) is 9.67 Å². The molecule has 0 amide bonds. The van der Waals surface area contributed by atoms with Gasteiger partial charge < -0.3 is 15.0 Å². The van der Waals surface area contributed by atoms with Crippen LogP contribution in [-0.2, 0) is 17.2 Å². The molecular formula is C20H29ClIN5O. The van der Waals surface area contributed by atoms with E-state index in [1.165, 1.54) is 5.56 Å². The van der Waals surface area contributed by atoms with E-state index in [1.54, 1.807) is 4.68 Å². The van der Waals surface area contributed by atoms with Crippen LogP contribution in [0.2, 0.25) is 5.02 Å². The van der Waals surface area contributed by atoms with E-state index in [1.807, 2.05) is 44.7 Å². The lowest BCUT2D eigenvalue weighted by molar-refractivity contribution is -0.00808. The minimum atomic E-state index is -0.0735. The Labute approximate surface area is 189 Å². The molecule has 28 heavy (non-hydrogen) atoms. The van der Waals surface area contributed by atoms with E-state index in [0.717, 1.165) is 36.2 Å². The van der Waals surface area contributed by atoms with Crippen molar-refractivity contribution in [3.05, 3.63) is 52.8 Å². The molecule has 1 fully saturated rings. The predicted molar refractivity (Wildman–Crippen MR) is 125 cm³/mol. The summed E-state index contributed by atoms with van der Waals surface area (Å²) in [7, 11) is 3.74. The zero-order valence-electron chi connectivity index (χ0n) is 16.9. The highest BCUT2D eigenvalue weighted by molar-refractivity contribution is 14.0. The predicted octanol–water partition coefficient (Wildman–Crippen LogP) is 3.62. The van der Waals surface area contributed by atoms with Gasteiger partial charge in [0, 0.05) is 49.4 Å². The smallest absolute Gasteiger partial charge is 0.193 e. The number of rotatable bonds is 4. The summed E-state index contributed by atoms with van der Waals surface area (Å²) < 4.78 is 7.74. The molecule has 0 spiro atoms. The van der Waals surface area contributed by atoms with Crippen LogP contribution in [0.4, 0.5) is 0 Å². The van der Waals surface area contributed by atoms with Crippen LogP contribution in [0.1, 0.15) is 31.1 Å². The van der Waals surface area contributed by atoms with Gasteiger partial charge >= 0.3 is 0 Å². The number of benzene rings is 1. The minimum Gasteiger partial charge on any atom is -0.370 e. The first kappa shape index (κ1) is 23.0. The molecule has 1 aliphatic heterocycles. The van der Waals surface area contributed by atoms with E-state index in [-0.39, 0.29) is 35.5 Å². The average Bonchev–Trinajstić information content (AvgIpc) is 3.09. The van der Waals surface area contributed by atoms with E-state index >= 15 is 0 Å². The molecule has 1 atom stereocenters. The Hall–Kier alpha value is -1.32. The molecular weight excluding hydrogens is 489 g/mol. The molecule has 1 aromatic heterocycles. The Bertz CT molecular complexity index is 807. The number of ether oxygens (including phenoxy) is 1. The van der Waals surface area contributed by atoms with E-state index < -0.39 is 0 Å². The summed E-state index contributed by atoms with van der Waals surface area (Å²) in [4.78, 5) is 6.73. The van der Waals surface area contributed by atoms with Gasteiger partial charge in [0.1, 0.15) is 6.10 Å². The van der Waals surface area contributed by atoms with Gasteiger partial charge in [0.05, 0.1) is 19.3 Å². The van der Waals surface area contributed by atoms with Gasteiger partial charge in [-0.1, -0.05) is 37.6 Å². The molecule has 1 aromatic carbocycles. The first-order valence-electron chi connectivity index (χ1n) is 9.21. The van der Waals surface area contributed by atoms with Gasteiger partial charge in [-0.15, -0.1) is 24.0 Å². The van der Waals surface area contributed by atoms with Crippen LogP contribution in [0.5, 0.6) is 0 Å². The normalized spacial score (nSPS) is 18.0. The summed E-state index contributed by atoms with van der Waals surface area (Å²) in [5.74, 6) is 0.891. The maximum absolute atomic E-state index is 6.17. The molecule has 3 rings (SSSR count). The number of guanidine groups is 1. The van der Waals surface area contributed by atoms with Gasteiger partial charge in [0.15, 0.2) is 5.96 Å². The van der Waals surface area contributed by atoms with E-state index in [9.17, 15) is 0 Å². The van der Waals surface area contributed by atoms with E-state index in [4.69, 9.17) is 16.3 Å². The lowest BCUT2D eigenvalue weighted by Crippen LogP contribution is -2.50. The molecule has 8 heteroatoms. The first-order valence-corrected chi connectivity index (χ1v) is 9.58. The molecule has 0 aliphatic carbocycles. The Morgan fingerprint density at radius 3 is 2.86 bits per heavy atom. The van der Waals surface area contributed by atoms with Crippen molar-refractivity contribution in [2.24, 2.45) is 12.0 Å². The molecule has 6 nitrogen and oxygen atoms in total. The number of hydrogen-bond donors (Lipinski definition) is 1. The highest BCUT2D eigenvalue weighted by Gasteiger charge is 2.27.